The Bertz CT molecular complexity index is 470. The number of hydrogen-bond donors (Lipinski definition) is 0. The van der Waals surface area contributed by atoms with E-state index in [2.05, 4.69) is 0 Å². The lowest BCUT2D eigenvalue weighted by atomic mass is 10.0. The van der Waals surface area contributed by atoms with Gasteiger partial charge in [-0.2, -0.15) is 0 Å². The Kier molecular flexibility index (Phi) is 3.05. The summed E-state index contributed by atoms with van der Waals surface area (Å²) in [5, 5.41) is 10.7. The number of aldehydes is 1. The second-order valence-corrected chi connectivity index (χ2v) is 4.49. The SMILES string of the molecule is O=CC1=CCSC1c1ccccc1[N+](=O)[O-]. The second-order valence-electron chi connectivity index (χ2n) is 3.35. The third kappa shape index (κ3) is 1.86. The van der Waals surface area contributed by atoms with E-state index in [0.717, 1.165) is 12.0 Å². The zero-order valence-corrected chi connectivity index (χ0v) is 9.15. The van der Waals surface area contributed by atoms with Crippen LogP contribution in [0.5, 0.6) is 0 Å². The number of carbonyl (C=O) groups is 1. The minimum absolute atomic E-state index is 0.0784. The standard InChI is InChI=1S/C11H9NO3S/c13-7-8-5-6-16-11(8)9-3-1-2-4-10(9)12(14)15/h1-5,7,11H,6H2. The third-order valence-electron chi connectivity index (χ3n) is 2.44. The number of para-hydroxylation sites is 1. The van der Waals surface area contributed by atoms with Gasteiger partial charge < -0.3 is 0 Å². The molecule has 16 heavy (non-hydrogen) atoms. The summed E-state index contributed by atoms with van der Waals surface area (Å²) in [6.45, 7) is 0. The van der Waals surface area contributed by atoms with Crippen molar-refractivity contribution in [3.63, 3.8) is 0 Å². The summed E-state index contributed by atoms with van der Waals surface area (Å²) in [6.07, 6.45) is 2.60. The molecule has 0 saturated heterocycles. The Morgan fingerprint density at radius 2 is 2.19 bits per heavy atom. The average Bonchev–Trinajstić information content (AvgIpc) is 2.76. The normalized spacial score (nSPS) is 19.2. The van der Waals surface area contributed by atoms with Gasteiger partial charge in [0, 0.05) is 23.0 Å². The van der Waals surface area contributed by atoms with Crippen LogP contribution in [0.1, 0.15) is 10.8 Å². The van der Waals surface area contributed by atoms with E-state index in [1.807, 2.05) is 6.08 Å². The lowest BCUT2D eigenvalue weighted by molar-refractivity contribution is -0.385. The number of nitro groups is 1. The summed E-state index contributed by atoms with van der Waals surface area (Å²) in [6, 6.07) is 6.56. The number of nitro benzene ring substituents is 1. The quantitative estimate of drug-likeness (QED) is 0.459. The van der Waals surface area contributed by atoms with Crippen LogP contribution < -0.4 is 0 Å². The monoisotopic (exact) mass is 235 g/mol. The summed E-state index contributed by atoms with van der Waals surface area (Å²) in [5.41, 5.74) is 1.31. The van der Waals surface area contributed by atoms with Crippen LogP contribution in [0.2, 0.25) is 0 Å². The highest BCUT2D eigenvalue weighted by molar-refractivity contribution is 8.00. The molecule has 0 amide bonds. The molecule has 82 valence electrons. The molecule has 1 unspecified atom stereocenters. The van der Waals surface area contributed by atoms with Crippen molar-refractivity contribution < 1.29 is 9.72 Å². The van der Waals surface area contributed by atoms with Gasteiger partial charge in [-0.25, -0.2) is 0 Å². The highest BCUT2D eigenvalue weighted by Crippen LogP contribution is 2.43. The van der Waals surface area contributed by atoms with E-state index in [-0.39, 0.29) is 10.9 Å². The van der Waals surface area contributed by atoms with Gasteiger partial charge in [0.25, 0.3) is 5.69 Å². The van der Waals surface area contributed by atoms with Crippen LogP contribution in [-0.4, -0.2) is 17.0 Å². The maximum atomic E-state index is 10.9. The Morgan fingerprint density at radius 3 is 2.88 bits per heavy atom. The lowest BCUT2D eigenvalue weighted by Crippen LogP contribution is -2.01. The highest BCUT2D eigenvalue weighted by Gasteiger charge is 2.27. The number of rotatable bonds is 3. The van der Waals surface area contributed by atoms with Gasteiger partial charge in [-0.05, 0) is 0 Å². The number of hydrogen-bond acceptors (Lipinski definition) is 4. The minimum atomic E-state index is -0.406. The molecule has 0 radical (unpaired) electrons. The number of thioether (sulfide) groups is 1. The van der Waals surface area contributed by atoms with E-state index in [9.17, 15) is 14.9 Å². The summed E-state index contributed by atoms with van der Waals surface area (Å²) in [7, 11) is 0. The summed E-state index contributed by atoms with van der Waals surface area (Å²) >= 11 is 1.53. The first kappa shape index (κ1) is 10.9. The van der Waals surface area contributed by atoms with Crippen molar-refractivity contribution in [2.75, 3.05) is 5.75 Å². The van der Waals surface area contributed by atoms with Gasteiger partial charge >= 0.3 is 0 Å². The van der Waals surface area contributed by atoms with Gasteiger partial charge in [0.05, 0.1) is 10.2 Å². The molecule has 0 N–H and O–H groups in total. The Hall–Kier alpha value is -1.62. The smallest absolute Gasteiger partial charge is 0.274 e. The molecule has 0 aliphatic carbocycles. The zero-order chi connectivity index (χ0) is 11.5. The fourth-order valence-electron chi connectivity index (χ4n) is 1.70. The van der Waals surface area contributed by atoms with Crippen LogP contribution in [0, 0.1) is 10.1 Å². The first-order valence-electron chi connectivity index (χ1n) is 4.74. The molecular weight excluding hydrogens is 226 g/mol. The van der Waals surface area contributed by atoms with Gasteiger partial charge in [0.1, 0.15) is 6.29 Å². The van der Waals surface area contributed by atoms with E-state index in [0.29, 0.717) is 11.1 Å². The van der Waals surface area contributed by atoms with Crippen LogP contribution >= 0.6 is 11.8 Å². The van der Waals surface area contributed by atoms with Gasteiger partial charge in [-0.3, -0.25) is 14.9 Å². The molecule has 1 aromatic rings. The highest BCUT2D eigenvalue weighted by atomic mass is 32.2. The number of carbonyl (C=O) groups excluding carboxylic acids is 1. The topological polar surface area (TPSA) is 60.2 Å². The number of benzene rings is 1. The molecule has 1 atom stereocenters. The molecule has 0 bridgehead atoms. The van der Waals surface area contributed by atoms with Crippen LogP contribution in [0.25, 0.3) is 0 Å². The first-order valence-corrected chi connectivity index (χ1v) is 5.79. The molecule has 0 aromatic heterocycles. The molecule has 0 saturated carbocycles. The lowest BCUT2D eigenvalue weighted by Gasteiger charge is -2.10. The average molecular weight is 235 g/mol. The molecular formula is C11H9NO3S. The van der Waals surface area contributed by atoms with Crippen molar-refractivity contribution in [2.45, 2.75) is 5.25 Å². The van der Waals surface area contributed by atoms with Gasteiger partial charge in [0.15, 0.2) is 0 Å². The fraction of sp³-hybridized carbons (Fsp3) is 0.182. The molecule has 1 aliphatic heterocycles. The largest absolute Gasteiger partial charge is 0.298 e. The zero-order valence-electron chi connectivity index (χ0n) is 8.33. The summed E-state index contributed by atoms with van der Waals surface area (Å²) in [5.74, 6) is 0.727. The first-order chi connectivity index (χ1) is 7.74. The molecule has 2 rings (SSSR count). The predicted molar refractivity (Wildman–Crippen MR) is 62.4 cm³/mol. The minimum Gasteiger partial charge on any atom is -0.298 e. The van der Waals surface area contributed by atoms with Gasteiger partial charge in [-0.1, -0.05) is 24.3 Å². The van der Waals surface area contributed by atoms with Gasteiger partial charge in [-0.15, -0.1) is 11.8 Å². The Morgan fingerprint density at radius 1 is 1.44 bits per heavy atom. The van der Waals surface area contributed by atoms with Crippen molar-refractivity contribution in [2.24, 2.45) is 0 Å². The van der Waals surface area contributed by atoms with Crippen molar-refractivity contribution in [3.8, 4) is 0 Å². The molecule has 1 heterocycles. The fourth-order valence-corrected chi connectivity index (χ4v) is 2.90. The molecule has 1 aromatic carbocycles. The second kappa shape index (κ2) is 4.49. The molecule has 4 nitrogen and oxygen atoms in total. The van der Waals surface area contributed by atoms with Crippen molar-refractivity contribution in [1.29, 1.82) is 0 Å². The molecule has 5 heteroatoms. The Labute approximate surface area is 96.5 Å². The van der Waals surface area contributed by atoms with Gasteiger partial charge in [0.2, 0.25) is 0 Å². The number of nitrogens with zero attached hydrogens (tertiary/aromatic N) is 1. The van der Waals surface area contributed by atoms with Crippen LogP contribution in [0.4, 0.5) is 5.69 Å². The molecule has 0 fully saturated rings. The maximum Gasteiger partial charge on any atom is 0.274 e. The maximum absolute atomic E-state index is 10.9. The van der Waals surface area contributed by atoms with Crippen molar-refractivity contribution in [3.05, 3.63) is 51.6 Å². The summed E-state index contributed by atoms with van der Waals surface area (Å²) in [4.78, 5) is 21.3. The summed E-state index contributed by atoms with van der Waals surface area (Å²) < 4.78 is 0. The van der Waals surface area contributed by atoms with Crippen LogP contribution in [-0.2, 0) is 4.79 Å². The third-order valence-corrected chi connectivity index (χ3v) is 3.66. The predicted octanol–water partition coefficient (Wildman–Crippen LogP) is 2.51. The van der Waals surface area contributed by atoms with Crippen LogP contribution in [0.15, 0.2) is 35.9 Å². The van der Waals surface area contributed by atoms with Crippen molar-refractivity contribution in [1.82, 2.24) is 0 Å². The van der Waals surface area contributed by atoms with Crippen LogP contribution in [0.3, 0.4) is 0 Å². The molecule has 0 spiro atoms. The van der Waals surface area contributed by atoms with E-state index in [4.69, 9.17) is 0 Å². The van der Waals surface area contributed by atoms with E-state index < -0.39 is 4.92 Å². The van der Waals surface area contributed by atoms with E-state index in [1.165, 1.54) is 17.8 Å². The van der Waals surface area contributed by atoms with Crippen molar-refractivity contribution >= 4 is 23.7 Å². The van der Waals surface area contributed by atoms with E-state index in [1.54, 1.807) is 18.2 Å². The van der Waals surface area contributed by atoms with E-state index >= 15 is 0 Å². The Balaban J connectivity index is 2.44. The molecule has 1 aliphatic rings.